The summed E-state index contributed by atoms with van der Waals surface area (Å²) in [5, 5.41) is 5.92. The molecule has 0 aliphatic carbocycles. The number of nitrogens with one attached hydrogen (secondary N) is 2. The molecule has 1 heterocycles. The molecule has 2 N–H and O–H groups in total. The number of aliphatic imine (C=N–C) groups is 1. The molecule has 1 aromatic heterocycles. The Balaban J connectivity index is 1.79. The second-order valence-corrected chi connectivity index (χ2v) is 5.18. The van der Waals surface area contributed by atoms with Gasteiger partial charge in [0, 0.05) is 19.8 Å². The predicted molar refractivity (Wildman–Crippen MR) is 89.3 cm³/mol. The van der Waals surface area contributed by atoms with Gasteiger partial charge in [-0.05, 0) is 29.8 Å². The van der Waals surface area contributed by atoms with Gasteiger partial charge < -0.3 is 15.4 Å². The molecular weight excluding hydrogens is 352 g/mol. The molecule has 0 atom stereocenters. The van der Waals surface area contributed by atoms with E-state index in [1.54, 1.807) is 19.2 Å². The van der Waals surface area contributed by atoms with E-state index in [9.17, 15) is 17.6 Å². The highest BCUT2D eigenvalue weighted by molar-refractivity contribution is 5.79. The molecule has 0 saturated carbocycles. The molecule has 0 bridgehead atoms. The number of rotatable bonds is 6. The molecule has 2 rings (SSSR count). The number of hydrogen-bond donors (Lipinski definition) is 2. The van der Waals surface area contributed by atoms with Gasteiger partial charge in [-0.2, -0.15) is 13.2 Å². The first-order valence-electron chi connectivity index (χ1n) is 7.74. The van der Waals surface area contributed by atoms with Gasteiger partial charge in [0.1, 0.15) is 18.0 Å². The van der Waals surface area contributed by atoms with E-state index in [0.29, 0.717) is 12.5 Å². The average Bonchev–Trinajstić information content (AvgIpc) is 2.62. The minimum absolute atomic E-state index is 0.0304. The second kappa shape index (κ2) is 9.02. The van der Waals surface area contributed by atoms with Crippen LogP contribution in [0.4, 0.5) is 17.6 Å². The highest BCUT2D eigenvalue weighted by atomic mass is 19.4. The van der Waals surface area contributed by atoms with E-state index >= 15 is 0 Å². The summed E-state index contributed by atoms with van der Waals surface area (Å²) in [6, 6.07) is 8.10. The minimum atomic E-state index is -4.52. The van der Waals surface area contributed by atoms with E-state index in [4.69, 9.17) is 4.74 Å². The maximum Gasteiger partial charge on any atom is 0.421 e. The number of halogens is 4. The molecule has 140 valence electrons. The average molecular weight is 370 g/mol. The molecule has 0 spiro atoms. The largest absolute Gasteiger partial charge is 0.475 e. The summed E-state index contributed by atoms with van der Waals surface area (Å²) < 4.78 is 56.5. The van der Waals surface area contributed by atoms with Crippen LogP contribution in [-0.4, -0.2) is 31.1 Å². The lowest BCUT2D eigenvalue weighted by atomic mass is 10.2. The van der Waals surface area contributed by atoms with Crippen molar-refractivity contribution in [3.8, 4) is 5.88 Å². The van der Waals surface area contributed by atoms with Crippen molar-refractivity contribution in [1.82, 2.24) is 15.6 Å². The Bertz CT molecular complexity index is 732. The Kier molecular flexibility index (Phi) is 6.76. The summed E-state index contributed by atoms with van der Waals surface area (Å²) in [6.45, 7) is 0.605. The molecule has 0 radical (unpaired) electrons. The summed E-state index contributed by atoms with van der Waals surface area (Å²) in [5.41, 5.74) is -0.0623. The fraction of sp³-hybridized carbons (Fsp3) is 0.294. The number of nitrogens with zero attached hydrogens (tertiary/aromatic N) is 2. The van der Waals surface area contributed by atoms with Gasteiger partial charge in [-0.25, -0.2) is 9.37 Å². The summed E-state index contributed by atoms with van der Waals surface area (Å²) in [6.07, 6.45) is -3.29. The number of pyridine rings is 1. The lowest BCUT2D eigenvalue weighted by molar-refractivity contribution is -0.139. The Morgan fingerprint density at radius 2 is 1.88 bits per heavy atom. The molecular formula is C17H18F4N4O. The molecule has 5 nitrogen and oxygen atoms in total. The molecule has 0 aliphatic heterocycles. The molecule has 0 amide bonds. The van der Waals surface area contributed by atoms with Crippen LogP contribution in [0.15, 0.2) is 47.6 Å². The van der Waals surface area contributed by atoms with E-state index in [0.717, 1.165) is 11.6 Å². The maximum atomic E-state index is 12.9. The fourth-order valence-electron chi connectivity index (χ4n) is 2.05. The molecule has 2 aromatic rings. The van der Waals surface area contributed by atoms with Crippen molar-refractivity contribution < 1.29 is 22.3 Å². The van der Waals surface area contributed by atoms with Gasteiger partial charge in [-0.15, -0.1) is 0 Å². The second-order valence-electron chi connectivity index (χ2n) is 5.18. The Morgan fingerprint density at radius 1 is 1.15 bits per heavy atom. The lowest BCUT2D eigenvalue weighted by Gasteiger charge is -2.14. The van der Waals surface area contributed by atoms with Gasteiger partial charge in [0.15, 0.2) is 5.96 Å². The third-order valence-corrected chi connectivity index (χ3v) is 3.31. The topological polar surface area (TPSA) is 58.5 Å². The summed E-state index contributed by atoms with van der Waals surface area (Å²) >= 11 is 0. The van der Waals surface area contributed by atoms with Gasteiger partial charge in [0.2, 0.25) is 5.88 Å². The Labute approximate surface area is 148 Å². The fourth-order valence-corrected chi connectivity index (χ4v) is 2.05. The van der Waals surface area contributed by atoms with Gasteiger partial charge in [0.05, 0.1) is 6.54 Å². The summed E-state index contributed by atoms with van der Waals surface area (Å²) in [5.74, 6) is -0.341. The molecule has 0 saturated heterocycles. The van der Waals surface area contributed by atoms with E-state index in [1.165, 1.54) is 24.4 Å². The van der Waals surface area contributed by atoms with Crippen LogP contribution in [0, 0.1) is 5.82 Å². The van der Waals surface area contributed by atoms with Gasteiger partial charge >= 0.3 is 6.18 Å². The highest BCUT2D eigenvalue weighted by Crippen LogP contribution is 2.34. The first kappa shape index (κ1) is 19.5. The van der Waals surface area contributed by atoms with Crippen molar-refractivity contribution >= 4 is 5.96 Å². The third kappa shape index (κ3) is 5.91. The number of benzene rings is 1. The van der Waals surface area contributed by atoms with Crippen molar-refractivity contribution in [3.63, 3.8) is 0 Å². The monoisotopic (exact) mass is 370 g/mol. The lowest BCUT2D eigenvalue weighted by Crippen LogP contribution is -2.39. The van der Waals surface area contributed by atoms with E-state index in [-0.39, 0.29) is 19.0 Å². The minimum Gasteiger partial charge on any atom is -0.475 e. The van der Waals surface area contributed by atoms with E-state index in [2.05, 4.69) is 20.6 Å². The van der Waals surface area contributed by atoms with Crippen LogP contribution in [0.25, 0.3) is 0 Å². The highest BCUT2D eigenvalue weighted by Gasteiger charge is 2.34. The molecule has 0 aliphatic rings. The number of ether oxygens (including phenoxy) is 1. The molecule has 9 heteroatoms. The van der Waals surface area contributed by atoms with Crippen LogP contribution >= 0.6 is 0 Å². The van der Waals surface area contributed by atoms with Crippen molar-refractivity contribution in [2.24, 2.45) is 4.99 Å². The van der Waals surface area contributed by atoms with Crippen molar-refractivity contribution in [2.45, 2.75) is 12.7 Å². The molecule has 0 fully saturated rings. The number of alkyl halides is 3. The number of guanidine groups is 1. The van der Waals surface area contributed by atoms with Gasteiger partial charge in [-0.1, -0.05) is 12.1 Å². The zero-order valence-corrected chi connectivity index (χ0v) is 14.0. The standard InChI is InChI=1S/C17H18F4N4O/c1-22-16(25-11-12-4-6-13(18)7-5-12)24-9-10-26-15-14(17(19,20)21)3-2-8-23-15/h2-8H,9-11H2,1H3,(H2,22,24,25). The first-order valence-corrected chi connectivity index (χ1v) is 7.74. The Morgan fingerprint density at radius 3 is 2.54 bits per heavy atom. The van der Waals surface area contributed by atoms with E-state index in [1.807, 2.05) is 0 Å². The molecule has 26 heavy (non-hydrogen) atoms. The third-order valence-electron chi connectivity index (χ3n) is 3.31. The van der Waals surface area contributed by atoms with Crippen LogP contribution < -0.4 is 15.4 Å². The SMILES string of the molecule is CN=C(NCCOc1ncccc1C(F)(F)F)NCc1ccc(F)cc1. The van der Waals surface area contributed by atoms with Gasteiger partial charge in [0.25, 0.3) is 0 Å². The van der Waals surface area contributed by atoms with Crippen LogP contribution in [0.3, 0.4) is 0 Å². The van der Waals surface area contributed by atoms with Crippen molar-refractivity contribution in [2.75, 3.05) is 20.2 Å². The predicted octanol–water partition coefficient (Wildman–Crippen LogP) is 2.98. The zero-order chi connectivity index (χ0) is 19.0. The zero-order valence-electron chi connectivity index (χ0n) is 14.0. The first-order chi connectivity index (χ1) is 12.4. The van der Waals surface area contributed by atoms with Crippen LogP contribution in [0.1, 0.15) is 11.1 Å². The summed E-state index contributed by atoms with van der Waals surface area (Å²) in [4.78, 5) is 7.61. The van der Waals surface area contributed by atoms with Crippen LogP contribution in [0.2, 0.25) is 0 Å². The summed E-state index contributed by atoms with van der Waals surface area (Å²) in [7, 11) is 1.56. The quantitative estimate of drug-likeness (QED) is 0.355. The van der Waals surface area contributed by atoms with Crippen LogP contribution in [-0.2, 0) is 12.7 Å². The maximum absolute atomic E-state index is 12.9. The van der Waals surface area contributed by atoms with Crippen LogP contribution in [0.5, 0.6) is 5.88 Å². The molecule has 1 aromatic carbocycles. The van der Waals surface area contributed by atoms with Crippen molar-refractivity contribution in [1.29, 1.82) is 0 Å². The van der Waals surface area contributed by atoms with Crippen molar-refractivity contribution in [3.05, 3.63) is 59.5 Å². The number of aromatic nitrogens is 1. The number of hydrogen-bond acceptors (Lipinski definition) is 3. The normalized spacial score (nSPS) is 12.0. The Hall–Kier alpha value is -2.84. The van der Waals surface area contributed by atoms with Gasteiger partial charge in [-0.3, -0.25) is 4.99 Å². The molecule has 0 unspecified atom stereocenters. The smallest absolute Gasteiger partial charge is 0.421 e. The van der Waals surface area contributed by atoms with E-state index < -0.39 is 17.6 Å².